The van der Waals surface area contributed by atoms with E-state index >= 15 is 0 Å². The summed E-state index contributed by atoms with van der Waals surface area (Å²) < 4.78 is 2.22. The highest BCUT2D eigenvalue weighted by Crippen LogP contribution is 2.30. The number of hydrogen-bond acceptors (Lipinski definition) is 1. The van der Waals surface area contributed by atoms with Gasteiger partial charge < -0.3 is 0 Å². The molecular weight excluding hydrogens is 172 g/mol. The summed E-state index contributed by atoms with van der Waals surface area (Å²) in [7, 11) is 0. The molecule has 14 heavy (non-hydrogen) atoms. The molecule has 0 saturated heterocycles. The van der Waals surface area contributed by atoms with E-state index in [2.05, 4.69) is 36.6 Å². The number of fused-ring (bicyclic) bond motifs is 1. The summed E-state index contributed by atoms with van der Waals surface area (Å²) in [5, 5.41) is 4.61. The smallest absolute Gasteiger partial charge is 0.0624 e. The fourth-order valence-electron chi connectivity index (χ4n) is 2.31. The molecule has 0 saturated carbocycles. The standard InChI is InChI=1S/C12H20N2/c1-4-10-8-11-9-12(2,3)6-5-7-14(11)13-10/h8H,4-7,9H2,1-3H3. The molecule has 0 aliphatic carbocycles. The first-order valence-electron chi connectivity index (χ1n) is 5.66. The maximum atomic E-state index is 4.61. The summed E-state index contributed by atoms with van der Waals surface area (Å²) in [6.45, 7) is 8.01. The van der Waals surface area contributed by atoms with Crippen molar-refractivity contribution in [3.8, 4) is 0 Å². The molecule has 1 aliphatic rings. The summed E-state index contributed by atoms with van der Waals surface area (Å²) in [6.07, 6.45) is 4.82. The van der Waals surface area contributed by atoms with Crippen molar-refractivity contribution in [2.75, 3.05) is 0 Å². The molecule has 2 rings (SSSR count). The van der Waals surface area contributed by atoms with Gasteiger partial charge in [0.1, 0.15) is 0 Å². The average molecular weight is 192 g/mol. The van der Waals surface area contributed by atoms with Crippen molar-refractivity contribution >= 4 is 0 Å². The summed E-state index contributed by atoms with van der Waals surface area (Å²) in [6, 6.07) is 2.28. The number of aromatic nitrogens is 2. The predicted octanol–water partition coefficient (Wildman–Crippen LogP) is 2.81. The Balaban J connectivity index is 2.30. The van der Waals surface area contributed by atoms with Gasteiger partial charge in [-0.25, -0.2) is 0 Å². The minimum Gasteiger partial charge on any atom is -0.269 e. The highest BCUT2D eigenvalue weighted by molar-refractivity contribution is 5.13. The fourth-order valence-corrected chi connectivity index (χ4v) is 2.31. The van der Waals surface area contributed by atoms with Crippen LogP contribution in [-0.4, -0.2) is 9.78 Å². The molecular formula is C12H20N2. The zero-order valence-electron chi connectivity index (χ0n) is 9.51. The van der Waals surface area contributed by atoms with Crippen LogP contribution in [0.1, 0.15) is 45.0 Å². The van der Waals surface area contributed by atoms with Gasteiger partial charge in [0.2, 0.25) is 0 Å². The first kappa shape index (κ1) is 9.75. The van der Waals surface area contributed by atoms with E-state index in [9.17, 15) is 0 Å². The van der Waals surface area contributed by atoms with Crippen LogP contribution in [0.3, 0.4) is 0 Å². The largest absolute Gasteiger partial charge is 0.269 e. The summed E-state index contributed by atoms with van der Waals surface area (Å²) in [5.41, 5.74) is 3.14. The molecule has 78 valence electrons. The van der Waals surface area contributed by atoms with E-state index in [1.54, 1.807) is 0 Å². The van der Waals surface area contributed by atoms with Gasteiger partial charge in [-0.3, -0.25) is 4.68 Å². The van der Waals surface area contributed by atoms with Gasteiger partial charge >= 0.3 is 0 Å². The summed E-state index contributed by atoms with van der Waals surface area (Å²) in [5.74, 6) is 0. The lowest BCUT2D eigenvalue weighted by Crippen LogP contribution is -2.13. The summed E-state index contributed by atoms with van der Waals surface area (Å²) >= 11 is 0. The van der Waals surface area contributed by atoms with Crippen molar-refractivity contribution in [3.05, 3.63) is 17.5 Å². The molecule has 2 heterocycles. The predicted molar refractivity (Wildman–Crippen MR) is 58.3 cm³/mol. The molecule has 0 unspecified atom stereocenters. The van der Waals surface area contributed by atoms with E-state index in [-0.39, 0.29) is 0 Å². The number of aryl methyl sites for hydroxylation is 2. The Morgan fingerprint density at radius 1 is 1.50 bits per heavy atom. The van der Waals surface area contributed by atoms with E-state index in [1.807, 2.05) is 0 Å². The second-order valence-electron chi connectivity index (χ2n) is 5.15. The van der Waals surface area contributed by atoms with Crippen LogP contribution in [0.15, 0.2) is 6.07 Å². The molecule has 0 aromatic carbocycles. The molecule has 1 aromatic rings. The van der Waals surface area contributed by atoms with Crippen LogP contribution in [0.4, 0.5) is 0 Å². The molecule has 0 N–H and O–H groups in total. The van der Waals surface area contributed by atoms with Gasteiger partial charge in [-0.2, -0.15) is 5.10 Å². The fraction of sp³-hybridized carbons (Fsp3) is 0.750. The third-order valence-corrected chi connectivity index (χ3v) is 3.16. The quantitative estimate of drug-likeness (QED) is 0.669. The molecule has 1 aliphatic heterocycles. The Kier molecular flexibility index (Phi) is 2.38. The average Bonchev–Trinajstić information content (AvgIpc) is 2.41. The molecule has 0 fully saturated rings. The van der Waals surface area contributed by atoms with Crippen LogP contribution in [-0.2, 0) is 19.4 Å². The monoisotopic (exact) mass is 192 g/mol. The van der Waals surface area contributed by atoms with Gasteiger partial charge in [0.15, 0.2) is 0 Å². The molecule has 2 heteroatoms. The van der Waals surface area contributed by atoms with Crippen molar-refractivity contribution in [3.63, 3.8) is 0 Å². The zero-order valence-corrected chi connectivity index (χ0v) is 9.51. The van der Waals surface area contributed by atoms with Crippen LogP contribution >= 0.6 is 0 Å². The minimum absolute atomic E-state index is 0.458. The molecule has 0 spiro atoms. The minimum atomic E-state index is 0.458. The van der Waals surface area contributed by atoms with Crippen molar-refractivity contribution in [2.45, 2.75) is 53.0 Å². The Morgan fingerprint density at radius 2 is 2.29 bits per heavy atom. The lowest BCUT2D eigenvalue weighted by Gasteiger charge is -2.20. The van der Waals surface area contributed by atoms with Crippen LogP contribution < -0.4 is 0 Å². The third-order valence-electron chi connectivity index (χ3n) is 3.16. The van der Waals surface area contributed by atoms with E-state index in [0.717, 1.165) is 13.0 Å². The highest BCUT2D eigenvalue weighted by atomic mass is 15.3. The van der Waals surface area contributed by atoms with E-state index in [0.29, 0.717) is 5.41 Å². The van der Waals surface area contributed by atoms with Crippen LogP contribution in [0, 0.1) is 5.41 Å². The molecule has 2 nitrogen and oxygen atoms in total. The van der Waals surface area contributed by atoms with Crippen molar-refractivity contribution < 1.29 is 0 Å². The summed E-state index contributed by atoms with van der Waals surface area (Å²) in [4.78, 5) is 0. The normalized spacial score (nSPS) is 20.2. The van der Waals surface area contributed by atoms with Crippen LogP contribution in [0.2, 0.25) is 0 Å². The van der Waals surface area contributed by atoms with Crippen molar-refractivity contribution in [1.82, 2.24) is 9.78 Å². The van der Waals surface area contributed by atoms with Gasteiger partial charge in [-0.1, -0.05) is 20.8 Å². The van der Waals surface area contributed by atoms with E-state index < -0.39 is 0 Å². The number of nitrogens with zero attached hydrogens (tertiary/aromatic N) is 2. The second kappa shape index (κ2) is 3.41. The second-order valence-corrected chi connectivity index (χ2v) is 5.15. The Hall–Kier alpha value is -0.790. The molecule has 0 bridgehead atoms. The third kappa shape index (κ3) is 1.84. The van der Waals surface area contributed by atoms with Gasteiger partial charge in [-0.05, 0) is 37.2 Å². The Morgan fingerprint density at radius 3 is 3.00 bits per heavy atom. The molecule has 1 aromatic heterocycles. The Labute approximate surface area is 86.3 Å². The van der Waals surface area contributed by atoms with Gasteiger partial charge in [0.25, 0.3) is 0 Å². The lowest BCUT2D eigenvalue weighted by atomic mass is 9.84. The Bertz CT molecular complexity index is 323. The molecule has 0 atom stereocenters. The topological polar surface area (TPSA) is 17.8 Å². The zero-order chi connectivity index (χ0) is 10.2. The SMILES string of the molecule is CCc1cc2n(n1)CCCC(C)(C)C2. The van der Waals surface area contributed by atoms with Crippen molar-refractivity contribution in [1.29, 1.82) is 0 Å². The lowest BCUT2D eigenvalue weighted by molar-refractivity contribution is 0.332. The van der Waals surface area contributed by atoms with Gasteiger partial charge in [0.05, 0.1) is 5.69 Å². The maximum Gasteiger partial charge on any atom is 0.0624 e. The van der Waals surface area contributed by atoms with Gasteiger partial charge in [-0.15, -0.1) is 0 Å². The molecule has 0 amide bonds. The maximum absolute atomic E-state index is 4.61. The van der Waals surface area contributed by atoms with E-state index in [4.69, 9.17) is 0 Å². The number of hydrogen-bond donors (Lipinski definition) is 0. The first-order valence-corrected chi connectivity index (χ1v) is 5.66. The van der Waals surface area contributed by atoms with Crippen LogP contribution in [0.5, 0.6) is 0 Å². The molecule has 0 radical (unpaired) electrons. The van der Waals surface area contributed by atoms with Gasteiger partial charge in [0, 0.05) is 12.2 Å². The highest BCUT2D eigenvalue weighted by Gasteiger charge is 2.24. The number of rotatable bonds is 1. The van der Waals surface area contributed by atoms with Crippen LogP contribution in [0.25, 0.3) is 0 Å². The van der Waals surface area contributed by atoms with Crippen molar-refractivity contribution in [2.24, 2.45) is 5.41 Å². The van der Waals surface area contributed by atoms with E-state index in [1.165, 1.54) is 30.7 Å². The first-order chi connectivity index (χ1) is 6.61.